The standard InChI is InChI=1S/C32H44N4O3S/c1-34(2)29(28-9-6-22-40-28)25-10-12-26(13-11-25)30(35-14-18-37-19-15-35)31-33-27(23-24-7-4-3-5-8-24)32(39-31)36-16-20-38-21-17-36/h3-9,22,25-26,29-30H,10-21,23H2,1-2H3. The van der Waals surface area contributed by atoms with Gasteiger partial charge >= 0.3 is 0 Å². The van der Waals surface area contributed by atoms with Crippen LogP contribution in [0.4, 0.5) is 5.88 Å². The maximum Gasteiger partial charge on any atom is 0.220 e. The highest BCUT2D eigenvalue weighted by molar-refractivity contribution is 7.10. The van der Waals surface area contributed by atoms with E-state index in [1.165, 1.54) is 36.1 Å². The van der Waals surface area contributed by atoms with Crippen LogP contribution in [-0.4, -0.2) is 81.5 Å². The number of hydrogen-bond acceptors (Lipinski definition) is 8. The Kier molecular flexibility index (Phi) is 9.19. The molecular formula is C32H44N4O3S. The van der Waals surface area contributed by atoms with E-state index in [2.05, 4.69) is 76.6 Å². The van der Waals surface area contributed by atoms with Crippen LogP contribution in [0.1, 0.15) is 59.8 Å². The lowest BCUT2D eigenvalue weighted by Crippen LogP contribution is -2.43. The Morgan fingerprint density at radius 1 is 0.875 bits per heavy atom. The largest absolute Gasteiger partial charge is 0.423 e. The van der Waals surface area contributed by atoms with Gasteiger partial charge in [0.15, 0.2) is 0 Å². The van der Waals surface area contributed by atoms with Crippen molar-refractivity contribution in [3.63, 3.8) is 0 Å². The van der Waals surface area contributed by atoms with E-state index < -0.39 is 0 Å². The van der Waals surface area contributed by atoms with Crippen LogP contribution in [0.25, 0.3) is 0 Å². The van der Waals surface area contributed by atoms with Gasteiger partial charge < -0.3 is 23.7 Å². The average Bonchev–Trinajstić information content (AvgIpc) is 3.66. The van der Waals surface area contributed by atoms with Crippen molar-refractivity contribution in [2.45, 2.75) is 44.2 Å². The molecule has 0 spiro atoms. The summed E-state index contributed by atoms with van der Waals surface area (Å²) in [6, 6.07) is 15.9. The van der Waals surface area contributed by atoms with Gasteiger partial charge in [0.2, 0.25) is 11.8 Å². The molecule has 2 atom stereocenters. The van der Waals surface area contributed by atoms with Gasteiger partial charge in [-0.05, 0) is 68.6 Å². The van der Waals surface area contributed by atoms with E-state index in [9.17, 15) is 0 Å². The van der Waals surface area contributed by atoms with Crippen LogP contribution in [0.2, 0.25) is 0 Å². The van der Waals surface area contributed by atoms with Crippen molar-refractivity contribution >= 4 is 17.2 Å². The first-order chi connectivity index (χ1) is 19.7. The minimum Gasteiger partial charge on any atom is -0.423 e. The summed E-state index contributed by atoms with van der Waals surface area (Å²) in [5, 5.41) is 2.22. The van der Waals surface area contributed by atoms with Crippen molar-refractivity contribution in [1.29, 1.82) is 0 Å². The van der Waals surface area contributed by atoms with Crippen molar-refractivity contribution in [1.82, 2.24) is 14.8 Å². The number of aromatic nitrogens is 1. The minimum atomic E-state index is 0.189. The summed E-state index contributed by atoms with van der Waals surface area (Å²) in [6.07, 6.45) is 5.66. The second kappa shape index (κ2) is 13.2. The molecule has 1 saturated carbocycles. The first-order valence-electron chi connectivity index (χ1n) is 15.0. The molecule has 6 rings (SSSR count). The van der Waals surface area contributed by atoms with Crippen molar-refractivity contribution in [2.24, 2.45) is 11.8 Å². The van der Waals surface area contributed by atoms with Crippen molar-refractivity contribution in [3.05, 3.63) is 69.9 Å². The van der Waals surface area contributed by atoms with Crippen LogP contribution in [0.5, 0.6) is 0 Å². The summed E-state index contributed by atoms with van der Waals surface area (Å²) in [5.41, 5.74) is 2.32. The van der Waals surface area contributed by atoms with E-state index in [1.807, 2.05) is 11.3 Å². The molecule has 2 unspecified atom stereocenters. The van der Waals surface area contributed by atoms with Gasteiger partial charge in [-0.2, -0.15) is 0 Å². The first kappa shape index (κ1) is 27.9. The average molecular weight is 565 g/mol. The predicted molar refractivity (Wildman–Crippen MR) is 160 cm³/mol. The Bertz CT molecular complexity index is 1160. The third kappa shape index (κ3) is 6.31. The van der Waals surface area contributed by atoms with Gasteiger partial charge in [-0.25, -0.2) is 4.98 Å². The number of ether oxygens (including phenoxy) is 2. The fourth-order valence-electron chi connectivity index (χ4n) is 7.06. The normalized spacial score (nSPS) is 24.3. The molecule has 3 aromatic rings. The molecule has 2 aliphatic heterocycles. The molecule has 0 radical (unpaired) electrons. The van der Waals surface area contributed by atoms with Crippen LogP contribution in [0.3, 0.4) is 0 Å². The number of thiophene rings is 1. The SMILES string of the molecule is CN(C)C(c1cccs1)C1CCC(C(c2nc(Cc3ccccc3)c(N3CCOCC3)o2)N2CCOCC2)CC1. The van der Waals surface area contributed by atoms with Gasteiger partial charge in [-0.3, -0.25) is 4.90 Å². The molecule has 1 aromatic carbocycles. The molecule has 4 heterocycles. The summed E-state index contributed by atoms with van der Waals surface area (Å²) in [4.78, 5) is 14.2. The predicted octanol–water partition coefficient (Wildman–Crippen LogP) is 5.65. The van der Waals surface area contributed by atoms with Crippen molar-refractivity contribution in [2.75, 3.05) is 71.6 Å². The smallest absolute Gasteiger partial charge is 0.220 e. The van der Waals surface area contributed by atoms with Crippen molar-refractivity contribution < 1.29 is 13.9 Å². The fourth-order valence-corrected chi connectivity index (χ4v) is 8.08. The molecular weight excluding hydrogens is 520 g/mol. The van der Waals surface area contributed by atoms with Crippen LogP contribution in [0, 0.1) is 11.8 Å². The van der Waals surface area contributed by atoms with Crippen LogP contribution in [-0.2, 0) is 15.9 Å². The second-order valence-electron chi connectivity index (χ2n) is 11.8. The Balaban J connectivity index is 1.27. The zero-order chi connectivity index (χ0) is 27.3. The highest BCUT2D eigenvalue weighted by Crippen LogP contribution is 2.46. The van der Waals surface area contributed by atoms with E-state index in [-0.39, 0.29) is 6.04 Å². The van der Waals surface area contributed by atoms with Gasteiger partial charge in [0, 0.05) is 43.5 Å². The molecule has 2 aromatic heterocycles. The number of benzene rings is 1. The third-order valence-corrected chi connectivity index (χ3v) is 9.94. The van der Waals surface area contributed by atoms with E-state index in [0.717, 1.165) is 76.5 Å². The Hall–Kier alpha value is -2.23. The molecule has 2 saturated heterocycles. The third-order valence-electron chi connectivity index (χ3n) is 9.00. The Labute approximate surface area is 243 Å². The maximum atomic E-state index is 6.84. The zero-order valence-corrected chi connectivity index (χ0v) is 24.9. The number of morpholine rings is 2. The number of anilines is 1. The van der Waals surface area contributed by atoms with Crippen LogP contribution in [0.15, 0.2) is 52.3 Å². The summed E-state index contributed by atoms with van der Waals surface area (Å²) in [6.45, 7) is 6.58. The molecule has 0 amide bonds. The lowest BCUT2D eigenvalue weighted by atomic mass is 9.74. The second-order valence-corrected chi connectivity index (χ2v) is 12.7. The number of oxazole rings is 1. The quantitative estimate of drug-likeness (QED) is 0.333. The van der Waals surface area contributed by atoms with Gasteiger partial charge in [0.25, 0.3) is 0 Å². The molecule has 3 aliphatic rings. The highest BCUT2D eigenvalue weighted by Gasteiger charge is 2.39. The molecule has 1 aliphatic carbocycles. The fraction of sp³-hybridized carbons (Fsp3) is 0.594. The van der Waals surface area contributed by atoms with Gasteiger partial charge in [0.05, 0.1) is 32.5 Å². The van der Waals surface area contributed by atoms with E-state index >= 15 is 0 Å². The molecule has 3 fully saturated rings. The highest BCUT2D eigenvalue weighted by atomic mass is 32.1. The van der Waals surface area contributed by atoms with Crippen LogP contribution < -0.4 is 4.90 Å². The molecule has 0 bridgehead atoms. The summed E-state index contributed by atoms with van der Waals surface area (Å²) in [5.74, 6) is 3.05. The number of rotatable bonds is 9. The number of nitrogens with zero attached hydrogens (tertiary/aromatic N) is 4. The summed E-state index contributed by atoms with van der Waals surface area (Å²) < 4.78 is 18.3. The Morgan fingerprint density at radius 2 is 1.55 bits per heavy atom. The van der Waals surface area contributed by atoms with Gasteiger partial charge in [0.1, 0.15) is 5.69 Å². The molecule has 0 N–H and O–H groups in total. The lowest BCUT2D eigenvalue weighted by molar-refractivity contribution is -0.0151. The van der Waals surface area contributed by atoms with Crippen molar-refractivity contribution in [3.8, 4) is 0 Å². The van der Waals surface area contributed by atoms with E-state index in [4.69, 9.17) is 18.9 Å². The molecule has 40 heavy (non-hydrogen) atoms. The van der Waals surface area contributed by atoms with E-state index in [0.29, 0.717) is 17.9 Å². The molecule has 216 valence electrons. The maximum absolute atomic E-state index is 6.84. The van der Waals surface area contributed by atoms with Gasteiger partial charge in [-0.15, -0.1) is 11.3 Å². The van der Waals surface area contributed by atoms with Crippen LogP contribution >= 0.6 is 11.3 Å². The summed E-state index contributed by atoms with van der Waals surface area (Å²) >= 11 is 1.90. The first-order valence-corrected chi connectivity index (χ1v) is 15.9. The van der Waals surface area contributed by atoms with Gasteiger partial charge in [-0.1, -0.05) is 36.4 Å². The monoisotopic (exact) mass is 564 g/mol. The topological polar surface area (TPSA) is 54.2 Å². The molecule has 7 nitrogen and oxygen atoms in total. The zero-order valence-electron chi connectivity index (χ0n) is 24.0. The molecule has 8 heteroatoms. The van der Waals surface area contributed by atoms with E-state index in [1.54, 1.807) is 0 Å². The minimum absolute atomic E-state index is 0.189. The Morgan fingerprint density at radius 3 is 2.20 bits per heavy atom. The summed E-state index contributed by atoms with van der Waals surface area (Å²) in [7, 11) is 4.47. The lowest BCUT2D eigenvalue weighted by Gasteiger charge is -2.42. The number of hydrogen-bond donors (Lipinski definition) is 0.